The molecule has 1 heterocycles. The van der Waals surface area contributed by atoms with E-state index in [9.17, 15) is 0 Å². The van der Waals surface area contributed by atoms with Gasteiger partial charge in [-0.2, -0.15) is 0 Å². The molecule has 0 aromatic rings. The van der Waals surface area contributed by atoms with Gasteiger partial charge in [0.25, 0.3) is 0 Å². The van der Waals surface area contributed by atoms with E-state index in [1.165, 1.54) is 45.3 Å². The van der Waals surface area contributed by atoms with Crippen LogP contribution in [0.4, 0.5) is 0 Å². The highest BCUT2D eigenvalue weighted by Gasteiger charge is 2.41. The van der Waals surface area contributed by atoms with E-state index in [-0.39, 0.29) is 0 Å². The van der Waals surface area contributed by atoms with Crippen LogP contribution in [0, 0.1) is 17.8 Å². The van der Waals surface area contributed by atoms with Crippen molar-refractivity contribution in [2.24, 2.45) is 17.8 Å². The van der Waals surface area contributed by atoms with Gasteiger partial charge in [-0.25, -0.2) is 0 Å². The quantitative estimate of drug-likeness (QED) is 0.825. The normalized spacial score (nSPS) is 44.7. The predicted molar refractivity (Wildman–Crippen MR) is 76.7 cm³/mol. The van der Waals surface area contributed by atoms with Gasteiger partial charge in [-0.1, -0.05) is 19.8 Å². The summed E-state index contributed by atoms with van der Waals surface area (Å²) < 4.78 is 0. The fourth-order valence-electron chi connectivity index (χ4n) is 4.77. The summed E-state index contributed by atoms with van der Waals surface area (Å²) in [4.78, 5) is 2.83. The van der Waals surface area contributed by atoms with Crippen molar-refractivity contribution in [1.82, 2.24) is 10.2 Å². The molecular weight excluding hydrogens is 220 g/mol. The lowest BCUT2D eigenvalue weighted by Gasteiger charge is -2.42. The van der Waals surface area contributed by atoms with Gasteiger partial charge in [0.2, 0.25) is 0 Å². The summed E-state index contributed by atoms with van der Waals surface area (Å²) >= 11 is 0. The molecule has 1 saturated heterocycles. The van der Waals surface area contributed by atoms with E-state index in [4.69, 9.17) is 0 Å². The van der Waals surface area contributed by atoms with Crippen LogP contribution in [-0.4, -0.2) is 36.6 Å². The van der Waals surface area contributed by atoms with E-state index in [1.54, 1.807) is 12.8 Å². The Morgan fingerprint density at radius 3 is 2.78 bits per heavy atom. The molecule has 0 aromatic heterocycles. The van der Waals surface area contributed by atoms with Crippen LogP contribution in [-0.2, 0) is 0 Å². The molecule has 2 aliphatic carbocycles. The number of hydrogen-bond acceptors (Lipinski definition) is 2. The molecule has 3 fully saturated rings. The van der Waals surface area contributed by atoms with Crippen LogP contribution in [0.25, 0.3) is 0 Å². The maximum atomic E-state index is 3.66. The molecule has 1 N–H and O–H groups in total. The topological polar surface area (TPSA) is 15.3 Å². The summed E-state index contributed by atoms with van der Waals surface area (Å²) in [5, 5.41) is 3.66. The van der Waals surface area contributed by atoms with Gasteiger partial charge in [-0.15, -0.1) is 0 Å². The number of nitrogens with one attached hydrogen (secondary N) is 1. The van der Waals surface area contributed by atoms with Crippen LogP contribution in [0.2, 0.25) is 0 Å². The van der Waals surface area contributed by atoms with Gasteiger partial charge >= 0.3 is 0 Å². The van der Waals surface area contributed by atoms with Crippen LogP contribution in [0.3, 0.4) is 0 Å². The number of rotatable bonds is 4. The number of nitrogens with zero attached hydrogens (tertiary/aromatic N) is 1. The molecule has 104 valence electrons. The molecular formula is C16H30N2. The molecule has 5 unspecified atom stereocenters. The Balaban J connectivity index is 1.58. The van der Waals surface area contributed by atoms with E-state index in [0.717, 1.165) is 23.8 Å². The third kappa shape index (κ3) is 2.60. The number of hydrogen-bond donors (Lipinski definition) is 1. The molecule has 3 aliphatic rings. The lowest BCUT2D eigenvalue weighted by atomic mass is 9.87. The average Bonchev–Trinajstić information content (AvgIpc) is 2.95. The predicted octanol–water partition coefficient (Wildman–Crippen LogP) is 2.89. The van der Waals surface area contributed by atoms with Gasteiger partial charge in [0.15, 0.2) is 0 Å². The van der Waals surface area contributed by atoms with E-state index in [1.807, 2.05) is 0 Å². The molecule has 1 aliphatic heterocycles. The highest BCUT2D eigenvalue weighted by molar-refractivity contribution is 4.93. The highest BCUT2D eigenvalue weighted by atomic mass is 15.2. The van der Waals surface area contributed by atoms with Crippen molar-refractivity contribution in [3.63, 3.8) is 0 Å². The van der Waals surface area contributed by atoms with E-state index in [2.05, 4.69) is 24.1 Å². The molecule has 0 amide bonds. The van der Waals surface area contributed by atoms with E-state index < -0.39 is 0 Å². The fourth-order valence-corrected chi connectivity index (χ4v) is 4.77. The number of piperazine rings is 1. The Morgan fingerprint density at radius 1 is 1.22 bits per heavy atom. The van der Waals surface area contributed by atoms with Crippen molar-refractivity contribution in [3.8, 4) is 0 Å². The van der Waals surface area contributed by atoms with Crippen LogP contribution < -0.4 is 5.32 Å². The SMILES string of the molecule is CCCC1CNC(C)CN1CC1CC2CCC1C2. The largest absolute Gasteiger partial charge is 0.311 e. The number of fused-ring (bicyclic) bond motifs is 2. The second-order valence-electron chi connectivity index (χ2n) is 7.14. The summed E-state index contributed by atoms with van der Waals surface area (Å²) in [6, 6.07) is 1.50. The molecule has 5 atom stereocenters. The summed E-state index contributed by atoms with van der Waals surface area (Å²) in [7, 11) is 0. The monoisotopic (exact) mass is 250 g/mol. The van der Waals surface area contributed by atoms with Gasteiger partial charge in [-0.05, 0) is 50.4 Å². The first-order chi connectivity index (χ1) is 8.76. The summed E-state index contributed by atoms with van der Waals surface area (Å²) in [5.41, 5.74) is 0. The Morgan fingerprint density at radius 2 is 2.11 bits per heavy atom. The lowest BCUT2D eigenvalue weighted by molar-refractivity contribution is 0.0931. The first-order valence-electron chi connectivity index (χ1n) is 8.23. The molecule has 2 bridgehead atoms. The summed E-state index contributed by atoms with van der Waals surface area (Å²) in [6.45, 7) is 8.57. The third-order valence-electron chi connectivity index (χ3n) is 5.70. The zero-order chi connectivity index (χ0) is 12.5. The van der Waals surface area contributed by atoms with Gasteiger partial charge in [-0.3, -0.25) is 4.90 Å². The highest BCUT2D eigenvalue weighted by Crippen LogP contribution is 2.48. The molecule has 0 aromatic carbocycles. The maximum absolute atomic E-state index is 3.66. The van der Waals surface area contributed by atoms with Crippen molar-refractivity contribution in [2.75, 3.05) is 19.6 Å². The molecule has 18 heavy (non-hydrogen) atoms. The van der Waals surface area contributed by atoms with Crippen molar-refractivity contribution in [2.45, 2.75) is 64.5 Å². The zero-order valence-corrected chi connectivity index (χ0v) is 12.2. The molecule has 2 saturated carbocycles. The van der Waals surface area contributed by atoms with Crippen LogP contribution in [0.1, 0.15) is 52.4 Å². The van der Waals surface area contributed by atoms with Crippen LogP contribution >= 0.6 is 0 Å². The molecule has 2 heteroatoms. The van der Waals surface area contributed by atoms with Crippen molar-refractivity contribution >= 4 is 0 Å². The zero-order valence-electron chi connectivity index (χ0n) is 12.2. The van der Waals surface area contributed by atoms with E-state index >= 15 is 0 Å². The van der Waals surface area contributed by atoms with Crippen LogP contribution in [0.5, 0.6) is 0 Å². The van der Waals surface area contributed by atoms with Gasteiger partial charge in [0.05, 0.1) is 0 Å². The van der Waals surface area contributed by atoms with Crippen molar-refractivity contribution in [3.05, 3.63) is 0 Å². The summed E-state index contributed by atoms with van der Waals surface area (Å²) in [6.07, 6.45) is 8.88. The van der Waals surface area contributed by atoms with E-state index in [0.29, 0.717) is 6.04 Å². The minimum atomic E-state index is 0.691. The lowest BCUT2D eigenvalue weighted by Crippen LogP contribution is -2.56. The summed E-state index contributed by atoms with van der Waals surface area (Å²) in [5.74, 6) is 3.22. The Bertz CT molecular complexity index is 278. The van der Waals surface area contributed by atoms with Gasteiger partial charge in [0.1, 0.15) is 0 Å². The molecule has 0 radical (unpaired) electrons. The standard InChI is InChI=1S/C16H30N2/c1-3-4-16-9-17-12(2)10-18(16)11-15-8-13-5-6-14(15)7-13/h12-17H,3-11H2,1-2H3. The molecule has 0 spiro atoms. The Kier molecular flexibility index (Phi) is 3.95. The maximum Gasteiger partial charge on any atom is 0.0221 e. The van der Waals surface area contributed by atoms with Gasteiger partial charge < -0.3 is 5.32 Å². The molecule has 2 nitrogen and oxygen atoms in total. The minimum Gasteiger partial charge on any atom is -0.311 e. The first kappa shape index (κ1) is 12.9. The average molecular weight is 250 g/mol. The fraction of sp³-hybridized carbons (Fsp3) is 1.00. The minimum absolute atomic E-state index is 0.691. The second-order valence-corrected chi connectivity index (χ2v) is 7.14. The Hall–Kier alpha value is -0.0800. The first-order valence-corrected chi connectivity index (χ1v) is 8.23. The second kappa shape index (κ2) is 5.50. The third-order valence-corrected chi connectivity index (χ3v) is 5.70. The van der Waals surface area contributed by atoms with Crippen molar-refractivity contribution in [1.29, 1.82) is 0 Å². The van der Waals surface area contributed by atoms with Crippen LogP contribution in [0.15, 0.2) is 0 Å². The smallest absolute Gasteiger partial charge is 0.0221 e. The molecule has 3 rings (SSSR count). The Labute approximate surface area is 113 Å². The van der Waals surface area contributed by atoms with Gasteiger partial charge in [0, 0.05) is 31.7 Å². The van der Waals surface area contributed by atoms with Crippen molar-refractivity contribution < 1.29 is 0 Å².